The summed E-state index contributed by atoms with van der Waals surface area (Å²) >= 11 is 7.97. The van der Waals surface area contributed by atoms with E-state index in [9.17, 15) is 9.90 Å². The number of hydrogen-bond acceptors (Lipinski definition) is 8. The van der Waals surface area contributed by atoms with E-state index < -0.39 is 5.60 Å². The molecule has 5 heterocycles. The first-order valence-corrected chi connectivity index (χ1v) is 13.7. The predicted octanol–water partition coefficient (Wildman–Crippen LogP) is 3.55. The Bertz CT molecular complexity index is 1680. The average Bonchev–Trinajstić information content (AvgIpc) is 3.48. The summed E-state index contributed by atoms with van der Waals surface area (Å²) in [5.41, 5.74) is 8.96. The summed E-state index contributed by atoms with van der Waals surface area (Å²) in [7, 11) is 1.81. The molecule has 11 heteroatoms. The van der Waals surface area contributed by atoms with Crippen LogP contribution in [-0.4, -0.2) is 53.0 Å². The van der Waals surface area contributed by atoms with E-state index in [0.29, 0.717) is 30.4 Å². The van der Waals surface area contributed by atoms with E-state index in [0.717, 1.165) is 51.7 Å². The van der Waals surface area contributed by atoms with Crippen LogP contribution in [0.1, 0.15) is 23.3 Å². The zero-order valence-corrected chi connectivity index (χ0v) is 22.5. The van der Waals surface area contributed by atoms with Crippen LogP contribution in [0.25, 0.3) is 32.5 Å². The van der Waals surface area contributed by atoms with Crippen molar-refractivity contribution in [1.82, 2.24) is 29.2 Å². The smallest absolute Gasteiger partial charge is 0.281 e. The second kappa shape index (κ2) is 9.87. The molecule has 1 fully saturated rings. The van der Waals surface area contributed by atoms with Crippen molar-refractivity contribution >= 4 is 44.2 Å². The molecule has 0 bridgehead atoms. The Morgan fingerprint density at radius 2 is 1.89 bits per heavy atom. The van der Waals surface area contributed by atoms with Gasteiger partial charge in [-0.1, -0.05) is 35.9 Å². The van der Waals surface area contributed by atoms with Crippen molar-refractivity contribution in [2.75, 3.05) is 13.1 Å². The van der Waals surface area contributed by atoms with Crippen LogP contribution in [-0.2, 0) is 26.7 Å². The van der Waals surface area contributed by atoms with Crippen molar-refractivity contribution in [3.05, 3.63) is 74.7 Å². The minimum absolute atomic E-state index is 0.183. The molecule has 6 rings (SSSR count). The fraction of sp³-hybridized carbons (Fsp3) is 0.333. The number of thiophene rings is 1. The molecule has 0 spiro atoms. The third-order valence-corrected chi connectivity index (χ3v) is 8.89. The molecular formula is C27H28ClN7O2S. The first-order chi connectivity index (χ1) is 18.3. The van der Waals surface area contributed by atoms with E-state index in [2.05, 4.69) is 26.0 Å². The van der Waals surface area contributed by atoms with Crippen LogP contribution >= 0.6 is 22.9 Å². The first-order valence-electron chi connectivity index (χ1n) is 12.5. The topological polar surface area (TPSA) is 115 Å². The number of pyridine rings is 1. The molecule has 1 aliphatic rings. The lowest BCUT2D eigenvalue weighted by atomic mass is 9.91. The van der Waals surface area contributed by atoms with Crippen LogP contribution in [0, 0.1) is 0 Å². The van der Waals surface area contributed by atoms with Gasteiger partial charge in [-0.15, -0.1) is 11.3 Å². The highest BCUT2D eigenvalue weighted by Gasteiger charge is 2.33. The molecule has 1 saturated heterocycles. The number of piperidine rings is 1. The highest BCUT2D eigenvalue weighted by Crippen LogP contribution is 2.32. The van der Waals surface area contributed by atoms with Crippen LogP contribution in [0.4, 0.5) is 0 Å². The molecule has 4 aromatic heterocycles. The van der Waals surface area contributed by atoms with Crippen molar-refractivity contribution in [1.29, 1.82) is 0 Å². The fourth-order valence-electron chi connectivity index (χ4n) is 5.19. The number of nitrogens with two attached hydrogens (primary N) is 1. The molecule has 3 N–H and O–H groups in total. The quantitative estimate of drug-likeness (QED) is 0.333. The van der Waals surface area contributed by atoms with Gasteiger partial charge in [0, 0.05) is 49.9 Å². The molecule has 5 aromatic rings. The van der Waals surface area contributed by atoms with Gasteiger partial charge in [-0.3, -0.25) is 23.9 Å². The summed E-state index contributed by atoms with van der Waals surface area (Å²) in [5.74, 6) is 0. The van der Waals surface area contributed by atoms with Crippen LogP contribution in [0.3, 0.4) is 0 Å². The number of halogens is 1. The van der Waals surface area contributed by atoms with E-state index in [-0.39, 0.29) is 12.1 Å². The van der Waals surface area contributed by atoms with Crippen LogP contribution in [0.15, 0.2) is 53.7 Å². The third kappa shape index (κ3) is 4.63. The normalized spacial score (nSPS) is 16.0. The summed E-state index contributed by atoms with van der Waals surface area (Å²) in [4.78, 5) is 25.9. The van der Waals surface area contributed by atoms with Gasteiger partial charge in [0.2, 0.25) is 0 Å². The van der Waals surface area contributed by atoms with Gasteiger partial charge in [-0.25, -0.2) is 4.98 Å². The fourth-order valence-corrected chi connectivity index (χ4v) is 6.52. The number of hydrogen-bond donors (Lipinski definition) is 2. The number of aryl methyl sites for hydroxylation is 1. The number of benzene rings is 1. The third-order valence-electron chi connectivity index (χ3n) is 7.32. The number of nitrogens with zero attached hydrogens (tertiary/aromatic N) is 6. The summed E-state index contributed by atoms with van der Waals surface area (Å²) in [6.07, 6.45) is 4.37. The molecule has 0 amide bonds. The van der Waals surface area contributed by atoms with Crippen molar-refractivity contribution in [2.45, 2.75) is 38.1 Å². The van der Waals surface area contributed by atoms with Crippen molar-refractivity contribution in [3.8, 4) is 11.3 Å². The Morgan fingerprint density at radius 1 is 1.13 bits per heavy atom. The van der Waals surface area contributed by atoms with E-state index in [1.165, 1.54) is 15.8 Å². The van der Waals surface area contributed by atoms with Crippen LogP contribution in [0.5, 0.6) is 0 Å². The van der Waals surface area contributed by atoms with Gasteiger partial charge in [0.1, 0.15) is 5.52 Å². The van der Waals surface area contributed by atoms with Gasteiger partial charge in [-0.2, -0.15) is 5.10 Å². The minimum atomic E-state index is -0.990. The first kappa shape index (κ1) is 25.1. The van der Waals surface area contributed by atoms with Gasteiger partial charge in [0.05, 0.1) is 39.4 Å². The molecule has 0 unspecified atom stereocenters. The molecule has 0 aliphatic carbocycles. The molecule has 196 valence electrons. The Labute approximate surface area is 228 Å². The number of aromatic nitrogens is 5. The van der Waals surface area contributed by atoms with Gasteiger partial charge in [0.25, 0.3) is 5.56 Å². The zero-order valence-electron chi connectivity index (χ0n) is 21.0. The number of rotatable bonds is 6. The monoisotopic (exact) mass is 549 g/mol. The highest BCUT2D eigenvalue weighted by atomic mass is 35.5. The van der Waals surface area contributed by atoms with E-state index >= 15 is 0 Å². The highest BCUT2D eigenvalue weighted by molar-refractivity contribution is 7.19. The Balaban J connectivity index is 1.17. The van der Waals surface area contributed by atoms with Crippen molar-refractivity contribution in [2.24, 2.45) is 12.8 Å². The average molecular weight is 550 g/mol. The maximum Gasteiger partial charge on any atom is 0.281 e. The Kier molecular flexibility index (Phi) is 6.53. The molecule has 38 heavy (non-hydrogen) atoms. The molecule has 0 atom stereocenters. The lowest BCUT2D eigenvalue weighted by Gasteiger charge is -2.38. The number of likely N-dealkylation sites (tertiary alicyclic amines) is 1. The second-order valence-electron chi connectivity index (χ2n) is 9.97. The van der Waals surface area contributed by atoms with Crippen molar-refractivity contribution in [3.63, 3.8) is 0 Å². The van der Waals surface area contributed by atoms with Gasteiger partial charge in [-0.05, 0) is 30.5 Å². The lowest BCUT2D eigenvalue weighted by Crippen LogP contribution is -2.47. The second-order valence-corrected chi connectivity index (χ2v) is 11.5. The van der Waals surface area contributed by atoms with Crippen molar-refractivity contribution < 1.29 is 5.11 Å². The zero-order chi connectivity index (χ0) is 26.4. The van der Waals surface area contributed by atoms with Gasteiger partial charge in [0.15, 0.2) is 5.52 Å². The summed E-state index contributed by atoms with van der Waals surface area (Å²) in [6, 6.07) is 11.7. The molecule has 0 saturated carbocycles. The SMILES string of the molecule is Cn1nc2c(=O)n(CC3(O)CCN(Cc4cc5nccc(Cl)c5s4)CC3)cnc2c1-c1ccc(CN)cc1. The van der Waals surface area contributed by atoms with Gasteiger partial charge < -0.3 is 10.8 Å². The minimum Gasteiger partial charge on any atom is -0.388 e. The molecule has 9 nitrogen and oxygen atoms in total. The molecule has 1 aliphatic heterocycles. The van der Waals surface area contributed by atoms with E-state index in [4.69, 9.17) is 17.3 Å². The van der Waals surface area contributed by atoms with Crippen LogP contribution in [0.2, 0.25) is 5.02 Å². The van der Waals surface area contributed by atoms with Gasteiger partial charge >= 0.3 is 0 Å². The largest absolute Gasteiger partial charge is 0.388 e. The van der Waals surface area contributed by atoms with Crippen LogP contribution < -0.4 is 11.3 Å². The number of fused-ring (bicyclic) bond motifs is 2. The molecule has 0 radical (unpaired) electrons. The number of aliphatic hydroxyl groups is 1. The predicted molar refractivity (Wildman–Crippen MR) is 150 cm³/mol. The maximum atomic E-state index is 13.4. The maximum absolute atomic E-state index is 13.4. The molecule has 1 aromatic carbocycles. The Hall–Kier alpha value is -3.15. The summed E-state index contributed by atoms with van der Waals surface area (Å²) in [6.45, 7) is 2.88. The lowest BCUT2D eigenvalue weighted by molar-refractivity contribution is -0.0363. The Morgan fingerprint density at radius 3 is 2.61 bits per heavy atom. The molecular weight excluding hydrogens is 522 g/mol. The van der Waals surface area contributed by atoms with E-state index in [1.54, 1.807) is 22.2 Å². The standard InChI is InChI=1S/C27H28ClN7O2S/c1-33-24(18-4-2-17(13-29)3-5-18)22-23(32-33)26(36)35(16-31-22)15-27(37)7-10-34(11-8-27)14-19-12-21-25(38-19)20(28)6-9-30-21/h2-6,9,12,16,37H,7-8,10-11,13-15,29H2,1H3. The summed E-state index contributed by atoms with van der Waals surface area (Å²) in [5, 5.41) is 16.6. The summed E-state index contributed by atoms with van der Waals surface area (Å²) < 4.78 is 4.18. The van der Waals surface area contributed by atoms with E-state index in [1.807, 2.05) is 37.4 Å².